The molecule has 0 bridgehead atoms. The minimum absolute atomic E-state index is 0.292. The second-order valence-electron chi connectivity index (χ2n) is 4.26. The third-order valence-corrected chi connectivity index (χ3v) is 4.13. The van der Waals surface area contributed by atoms with Gasteiger partial charge in [-0.05, 0) is 35.2 Å². The molecule has 0 fully saturated rings. The highest BCUT2D eigenvalue weighted by Gasteiger charge is 2.17. The zero-order chi connectivity index (χ0) is 11.7. The predicted molar refractivity (Wildman–Crippen MR) is 70.2 cm³/mol. The van der Waals surface area contributed by atoms with Crippen LogP contribution in [0.25, 0.3) is 0 Å². The molecule has 1 atom stereocenters. The molecule has 3 heteroatoms. The van der Waals surface area contributed by atoms with Crippen LogP contribution in [0.3, 0.4) is 0 Å². The van der Waals surface area contributed by atoms with E-state index in [2.05, 4.69) is 41.0 Å². The predicted octanol–water partition coefficient (Wildman–Crippen LogP) is 3.09. The lowest BCUT2D eigenvalue weighted by Crippen LogP contribution is -2.16. The molecule has 0 aliphatic carbocycles. The van der Waals surface area contributed by atoms with E-state index in [9.17, 15) is 0 Å². The Balaban J connectivity index is 1.97. The Morgan fingerprint density at radius 1 is 1.24 bits per heavy atom. The van der Waals surface area contributed by atoms with Gasteiger partial charge in [0.25, 0.3) is 0 Å². The van der Waals surface area contributed by atoms with Crippen molar-refractivity contribution in [3.05, 3.63) is 57.3 Å². The van der Waals surface area contributed by atoms with E-state index in [0.29, 0.717) is 6.04 Å². The molecule has 2 heterocycles. The molecular weight excluding hydrogens is 230 g/mol. The fourth-order valence-corrected chi connectivity index (χ4v) is 3.16. The van der Waals surface area contributed by atoms with Crippen molar-refractivity contribution in [3.63, 3.8) is 0 Å². The van der Waals surface area contributed by atoms with Crippen molar-refractivity contribution in [2.75, 3.05) is 7.05 Å². The third-order valence-electron chi connectivity index (χ3n) is 3.20. The van der Waals surface area contributed by atoms with Crippen molar-refractivity contribution in [1.82, 2.24) is 5.32 Å². The molecule has 1 aliphatic rings. The maximum absolute atomic E-state index is 5.46. The molecule has 3 rings (SSSR count). The van der Waals surface area contributed by atoms with Gasteiger partial charge in [0.1, 0.15) is 0 Å². The van der Waals surface area contributed by atoms with Crippen molar-refractivity contribution >= 4 is 11.3 Å². The second-order valence-corrected chi connectivity index (χ2v) is 5.24. The van der Waals surface area contributed by atoms with Crippen LogP contribution in [0, 0.1) is 0 Å². The standard InChI is InChI=1S/C14H15NOS/c1-15-14(13-3-2-6-17-13)10-4-5-11-8-16-9-12(11)7-10/h2-7,14-15H,8-9H2,1H3. The first-order valence-corrected chi connectivity index (χ1v) is 6.66. The van der Waals surface area contributed by atoms with Crippen LogP contribution in [-0.4, -0.2) is 7.05 Å². The third kappa shape index (κ3) is 2.02. The SMILES string of the molecule is CNC(c1ccc2c(c1)COC2)c1cccs1. The molecule has 2 nitrogen and oxygen atoms in total. The molecule has 88 valence electrons. The Kier molecular flexibility index (Phi) is 2.97. The van der Waals surface area contributed by atoms with Crippen molar-refractivity contribution in [1.29, 1.82) is 0 Å². The average Bonchev–Trinajstić information content (AvgIpc) is 2.99. The van der Waals surface area contributed by atoms with E-state index in [1.165, 1.54) is 21.6 Å². The number of benzene rings is 1. The first kappa shape index (κ1) is 11.0. The minimum atomic E-state index is 0.292. The number of ether oxygens (including phenoxy) is 1. The molecule has 1 unspecified atom stereocenters. The Labute approximate surface area is 105 Å². The number of fused-ring (bicyclic) bond motifs is 1. The van der Waals surface area contributed by atoms with Gasteiger partial charge in [-0.2, -0.15) is 0 Å². The van der Waals surface area contributed by atoms with Gasteiger partial charge in [0.2, 0.25) is 0 Å². The summed E-state index contributed by atoms with van der Waals surface area (Å²) in [5.74, 6) is 0. The van der Waals surface area contributed by atoms with Crippen LogP contribution < -0.4 is 5.32 Å². The molecule has 0 saturated carbocycles. The maximum atomic E-state index is 5.46. The molecule has 17 heavy (non-hydrogen) atoms. The fourth-order valence-electron chi connectivity index (χ4n) is 2.30. The fraction of sp³-hybridized carbons (Fsp3) is 0.286. The summed E-state index contributed by atoms with van der Waals surface area (Å²) in [4.78, 5) is 1.35. The van der Waals surface area contributed by atoms with Crippen LogP contribution in [-0.2, 0) is 18.0 Å². The van der Waals surface area contributed by atoms with E-state index in [0.717, 1.165) is 13.2 Å². The molecule has 1 aliphatic heterocycles. The van der Waals surface area contributed by atoms with Gasteiger partial charge in [-0.3, -0.25) is 0 Å². The summed E-state index contributed by atoms with van der Waals surface area (Å²) in [6.45, 7) is 1.52. The molecular formula is C14H15NOS. The lowest BCUT2D eigenvalue weighted by Gasteiger charge is -2.16. The molecule has 2 aromatic rings. The van der Waals surface area contributed by atoms with Gasteiger partial charge in [-0.15, -0.1) is 11.3 Å². The van der Waals surface area contributed by atoms with Crippen molar-refractivity contribution in [2.24, 2.45) is 0 Å². The Bertz CT molecular complexity index is 507. The average molecular weight is 245 g/mol. The van der Waals surface area contributed by atoms with Crippen molar-refractivity contribution in [2.45, 2.75) is 19.3 Å². The molecule has 0 spiro atoms. The summed E-state index contributed by atoms with van der Waals surface area (Å²) >= 11 is 1.79. The first-order valence-electron chi connectivity index (χ1n) is 5.78. The summed E-state index contributed by atoms with van der Waals surface area (Å²) < 4.78 is 5.46. The largest absolute Gasteiger partial charge is 0.372 e. The summed E-state index contributed by atoms with van der Waals surface area (Å²) in [6, 6.07) is 11.2. The minimum Gasteiger partial charge on any atom is -0.372 e. The summed E-state index contributed by atoms with van der Waals surface area (Å²) in [6.07, 6.45) is 0. The zero-order valence-electron chi connectivity index (χ0n) is 9.77. The van der Waals surface area contributed by atoms with Crippen LogP contribution >= 0.6 is 11.3 Å². The monoisotopic (exact) mass is 245 g/mol. The zero-order valence-corrected chi connectivity index (χ0v) is 10.6. The smallest absolute Gasteiger partial charge is 0.0725 e. The highest BCUT2D eigenvalue weighted by molar-refractivity contribution is 7.10. The van der Waals surface area contributed by atoms with Gasteiger partial charge >= 0.3 is 0 Å². The number of rotatable bonds is 3. The highest BCUT2D eigenvalue weighted by atomic mass is 32.1. The molecule has 0 amide bonds. The van der Waals surface area contributed by atoms with Crippen molar-refractivity contribution < 1.29 is 4.74 Å². The van der Waals surface area contributed by atoms with E-state index in [4.69, 9.17) is 4.74 Å². The van der Waals surface area contributed by atoms with Gasteiger partial charge in [-0.25, -0.2) is 0 Å². The first-order chi connectivity index (χ1) is 8.38. The quantitative estimate of drug-likeness (QED) is 0.897. The van der Waals surface area contributed by atoms with E-state index in [1.54, 1.807) is 11.3 Å². The Morgan fingerprint density at radius 2 is 2.12 bits per heavy atom. The lowest BCUT2D eigenvalue weighted by molar-refractivity contribution is 0.134. The molecule has 1 N–H and O–H groups in total. The molecule has 1 aromatic heterocycles. The summed E-state index contributed by atoms with van der Waals surface area (Å²) in [5, 5.41) is 5.50. The number of thiophene rings is 1. The maximum Gasteiger partial charge on any atom is 0.0725 e. The Hall–Kier alpha value is -1.16. The highest BCUT2D eigenvalue weighted by Crippen LogP contribution is 2.29. The van der Waals surface area contributed by atoms with Gasteiger partial charge in [0, 0.05) is 4.88 Å². The molecule has 0 saturated heterocycles. The normalized spacial score (nSPS) is 15.8. The molecule has 0 radical (unpaired) electrons. The van der Waals surface area contributed by atoms with Gasteiger partial charge in [0.15, 0.2) is 0 Å². The van der Waals surface area contributed by atoms with Crippen LogP contribution in [0.5, 0.6) is 0 Å². The van der Waals surface area contributed by atoms with E-state index >= 15 is 0 Å². The van der Waals surface area contributed by atoms with Gasteiger partial charge in [-0.1, -0.05) is 24.3 Å². The summed E-state index contributed by atoms with van der Waals surface area (Å²) in [7, 11) is 2.01. The Morgan fingerprint density at radius 3 is 2.88 bits per heavy atom. The van der Waals surface area contributed by atoms with E-state index in [-0.39, 0.29) is 0 Å². The second kappa shape index (κ2) is 4.61. The van der Waals surface area contributed by atoms with Crippen LogP contribution in [0.2, 0.25) is 0 Å². The number of nitrogens with one attached hydrogen (secondary N) is 1. The number of hydrogen-bond donors (Lipinski definition) is 1. The lowest BCUT2D eigenvalue weighted by atomic mass is 10.0. The van der Waals surface area contributed by atoms with Crippen LogP contribution in [0.15, 0.2) is 35.7 Å². The number of hydrogen-bond acceptors (Lipinski definition) is 3. The van der Waals surface area contributed by atoms with E-state index < -0.39 is 0 Å². The van der Waals surface area contributed by atoms with E-state index in [1.807, 2.05) is 7.05 Å². The summed E-state index contributed by atoms with van der Waals surface area (Å²) in [5.41, 5.74) is 3.98. The van der Waals surface area contributed by atoms with Crippen LogP contribution in [0.4, 0.5) is 0 Å². The van der Waals surface area contributed by atoms with Crippen LogP contribution in [0.1, 0.15) is 27.6 Å². The van der Waals surface area contributed by atoms with Gasteiger partial charge in [0.05, 0.1) is 19.3 Å². The van der Waals surface area contributed by atoms with Crippen molar-refractivity contribution in [3.8, 4) is 0 Å². The van der Waals surface area contributed by atoms with Gasteiger partial charge < -0.3 is 10.1 Å². The topological polar surface area (TPSA) is 21.3 Å². The molecule has 1 aromatic carbocycles.